The molecule has 0 fully saturated rings. The van der Waals surface area contributed by atoms with Gasteiger partial charge in [0.25, 0.3) is 15.9 Å². The first-order chi connectivity index (χ1) is 10.5. The lowest BCUT2D eigenvalue weighted by atomic mass is 10.3. The molecule has 0 saturated heterocycles. The van der Waals surface area contributed by atoms with Crippen molar-refractivity contribution in [3.8, 4) is 0 Å². The number of ether oxygens (including phenoxy) is 1. The summed E-state index contributed by atoms with van der Waals surface area (Å²) in [6.07, 6.45) is 8.73. The average Bonchev–Trinajstić information content (AvgIpc) is 2.82. The third-order valence-electron chi connectivity index (χ3n) is 3.52. The lowest BCUT2D eigenvalue weighted by molar-refractivity contribution is -0.705. The number of hydrogen-bond donors (Lipinski definition) is 1. The molecule has 0 saturated carbocycles. The SMILES string of the molecule is CCCCOCc1n(CCCC)cc[n+]1CCCS(=O)(=O)O. The Bertz CT molecular complexity index is 526. The molecule has 0 unspecified atom stereocenters. The van der Waals surface area contributed by atoms with E-state index in [1.807, 2.05) is 17.0 Å². The fourth-order valence-corrected chi connectivity index (χ4v) is 2.72. The minimum absolute atomic E-state index is 0.212. The average molecular weight is 333 g/mol. The number of nitrogens with zero attached hydrogens (tertiary/aromatic N) is 2. The summed E-state index contributed by atoms with van der Waals surface area (Å²) in [6, 6.07) is 0. The maximum absolute atomic E-state index is 10.8. The van der Waals surface area contributed by atoms with E-state index in [-0.39, 0.29) is 5.75 Å². The molecule has 6 nitrogen and oxygen atoms in total. The number of aryl methyl sites for hydroxylation is 2. The van der Waals surface area contributed by atoms with Crippen LogP contribution in [0.4, 0.5) is 0 Å². The number of hydrogen-bond acceptors (Lipinski definition) is 3. The molecule has 7 heteroatoms. The normalized spacial score (nSPS) is 12.0. The second-order valence-electron chi connectivity index (χ2n) is 5.50. The molecule has 0 bridgehead atoms. The standard InChI is InChI=1S/C15H28N2O4S/c1-3-5-8-16-10-11-17(9-7-13-22(18,19)20)15(16)14-21-12-6-4-2/h10-11H,3-9,12-14H2,1-2H3/p+1. The number of unbranched alkanes of at least 4 members (excludes halogenated alkanes) is 2. The van der Waals surface area contributed by atoms with Crippen LogP contribution in [0, 0.1) is 0 Å². The molecule has 0 amide bonds. The summed E-state index contributed by atoms with van der Waals surface area (Å²) in [6.45, 7) is 7.05. The van der Waals surface area contributed by atoms with Gasteiger partial charge in [-0.25, -0.2) is 9.13 Å². The van der Waals surface area contributed by atoms with Crippen LogP contribution >= 0.6 is 0 Å². The molecule has 1 rings (SSSR count). The van der Waals surface area contributed by atoms with Gasteiger partial charge in [0.05, 0.1) is 18.8 Å². The van der Waals surface area contributed by atoms with Crippen molar-refractivity contribution in [3.63, 3.8) is 0 Å². The van der Waals surface area contributed by atoms with Gasteiger partial charge in [0, 0.05) is 13.0 Å². The monoisotopic (exact) mass is 333 g/mol. The van der Waals surface area contributed by atoms with Crippen molar-refractivity contribution in [3.05, 3.63) is 18.2 Å². The molecule has 0 atom stereocenters. The Morgan fingerprint density at radius 3 is 2.59 bits per heavy atom. The van der Waals surface area contributed by atoms with Gasteiger partial charge in [-0.15, -0.1) is 0 Å². The van der Waals surface area contributed by atoms with E-state index in [1.165, 1.54) is 0 Å². The Kier molecular flexibility index (Phi) is 8.67. The van der Waals surface area contributed by atoms with Crippen molar-refractivity contribution < 1.29 is 22.3 Å². The zero-order valence-corrected chi connectivity index (χ0v) is 14.5. The van der Waals surface area contributed by atoms with Crippen LogP contribution in [0.2, 0.25) is 0 Å². The molecule has 22 heavy (non-hydrogen) atoms. The number of rotatable bonds is 12. The van der Waals surface area contributed by atoms with Crippen LogP contribution < -0.4 is 4.57 Å². The summed E-state index contributed by atoms with van der Waals surface area (Å²) in [7, 11) is -3.89. The van der Waals surface area contributed by atoms with Gasteiger partial charge in [-0.3, -0.25) is 4.55 Å². The van der Waals surface area contributed by atoms with E-state index in [0.717, 1.165) is 44.7 Å². The van der Waals surface area contributed by atoms with Gasteiger partial charge in [0.1, 0.15) is 19.0 Å². The highest BCUT2D eigenvalue weighted by Crippen LogP contribution is 2.04. The summed E-state index contributed by atoms with van der Waals surface area (Å²) in [5, 5.41) is 0. The Hall–Kier alpha value is -0.920. The van der Waals surface area contributed by atoms with Gasteiger partial charge in [0.2, 0.25) is 0 Å². The van der Waals surface area contributed by atoms with Crippen LogP contribution in [-0.4, -0.2) is 29.9 Å². The minimum atomic E-state index is -3.89. The zero-order valence-electron chi connectivity index (χ0n) is 13.7. The van der Waals surface area contributed by atoms with Crippen molar-refractivity contribution in [2.75, 3.05) is 12.4 Å². The van der Waals surface area contributed by atoms with Gasteiger partial charge in [0.15, 0.2) is 0 Å². The Balaban J connectivity index is 2.66. The summed E-state index contributed by atoms with van der Waals surface area (Å²) < 4.78 is 40.4. The van der Waals surface area contributed by atoms with E-state index >= 15 is 0 Å². The van der Waals surface area contributed by atoms with E-state index in [9.17, 15) is 8.42 Å². The molecule has 0 aliphatic carbocycles. The molecule has 0 radical (unpaired) electrons. The highest BCUT2D eigenvalue weighted by atomic mass is 32.2. The van der Waals surface area contributed by atoms with E-state index < -0.39 is 10.1 Å². The molecular weight excluding hydrogens is 304 g/mol. The van der Waals surface area contributed by atoms with Crippen LogP contribution in [0.5, 0.6) is 0 Å². The zero-order chi connectivity index (χ0) is 16.4. The molecule has 1 N–H and O–H groups in total. The highest BCUT2D eigenvalue weighted by molar-refractivity contribution is 7.85. The Labute approximate surface area is 133 Å². The molecule has 1 heterocycles. The quantitative estimate of drug-likeness (QED) is 0.361. The van der Waals surface area contributed by atoms with Crippen LogP contribution in [0.3, 0.4) is 0 Å². The maximum atomic E-state index is 10.8. The van der Waals surface area contributed by atoms with Crippen molar-refractivity contribution in [1.82, 2.24) is 4.57 Å². The molecule has 1 aromatic heterocycles. The molecule has 0 aromatic carbocycles. The van der Waals surface area contributed by atoms with Crippen molar-refractivity contribution >= 4 is 10.1 Å². The summed E-state index contributed by atoms with van der Waals surface area (Å²) in [5.41, 5.74) is 0. The third-order valence-corrected chi connectivity index (χ3v) is 4.32. The van der Waals surface area contributed by atoms with Gasteiger partial charge < -0.3 is 4.74 Å². The fraction of sp³-hybridized carbons (Fsp3) is 0.800. The van der Waals surface area contributed by atoms with E-state index in [1.54, 1.807) is 0 Å². The van der Waals surface area contributed by atoms with Crippen molar-refractivity contribution in [2.24, 2.45) is 0 Å². The first-order valence-corrected chi connectivity index (χ1v) is 9.69. The third kappa shape index (κ3) is 7.38. The predicted molar refractivity (Wildman–Crippen MR) is 85.1 cm³/mol. The summed E-state index contributed by atoms with van der Waals surface area (Å²) in [4.78, 5) is 0. The van der Waals surface area contributed by atoms with Gasteiger partial charge in [-0.05, 0) is 12.8 Å². The van der Waals surface area contributed by atoms with Crippen LogP contribution in [0.15, 0.2) is 12.4 Å². The molecule has 1 aromatic rings. The van der Waals surface area contributed by atoms with E-state index in [4.69, 9.17) is 9.29 Å². The minimum Gasteiger partial charge on any atom is -0.369 e. The second kappa shape index (κ2) is 9.97. The van der Waals surface area contributed by atoms with Crippen LogP contribution in [0.25, 0.3) is 0 Å². The predicted octanol–water partition coefficient (Wildman–Crippen LogP) is 2.17. The largest absolute Gasteiger partial charge is 0.369 e. The first-order valence-electron chi connectivity index (χ1n) is 8.08. The lowest BCUT2D eigenvalue weighted by Crippen LogP contribution is -2.38. The Morgan fingerprint density at radius 2 is 1.95 bits per heavy atom. The highest BCUT2D eigenvalue weighted by Gasteiger charge is 2.17. The van der Waals surface area contributed by atoms with Crippen LogP contribution in [0.1, 0.15) is 51.8 Å². The van der Waals surface area contributed by atoms with Gasteiger partial charge in [-0.1, -0.05) is 26.7 Å². The number of imidazole rings is 1. The summed E-state index contributed by atoms with van der Waals surface area (Å²) in [5.74, 6) is 0.843. The maximum Gasteiger partial charge on any atom is 0.282 e. The molecule has 0 aliphatic rings. The van der Waals surface area contributed by atoms with E-state index in [0.29, 0.717) is 19.6 Å². The fourth-order valence-electron chi connectivity index (χ4n) is 2.23. The van der Waals surface area contributed by atoms with E-state index in [2.05, 4.69) is 18.4 Å². The molecule has 0 spiro atoms. The summed E-state index contributed by atoms with van der Waals surface area (Å²) >= 11 is 0. The van der Waals surface area contributed by atoms with Crippen molar-refractivity contribution in [2.45, 2.75) is 65.6 Å². The van der Waals surface area contributed by atoms with Gasteiger partial charge >= 0.3 is 0 Å². The van der Waals surface area contributed by atoms with Crippen LogP contribution in [-0.2, 0) is 34.6 Å². The van der Waals surface area contributed by atoms with Crippen molar-refractivity contribution in [1.29, 1.82) is 0 Å². The topological polar surface area (TPSA) is 72.4 Å². The second-order valence-corrected chi connectivity index (χ2v) is 7.07. The lowest BCUT2D eigenvalue weighted by Gasteiger charge is -2.06. The molecule has 0 aliphatic heterocycles. The van der Waals surface area contributed by atoms with Gasteiger partial charge in [-0.2, -0.15) is 8.42 Å². The molecule has 128 valence electrons. The molecular formula is C15H29N2O4S+. The smallest absolute Gasteiger partial charge is 0.282 e. The Morgan fingerprint density at radius 1 is 1.23 bits per heavy atom. The number of aromatic nitrogens is 2. The first kappa shape index (κ1) is 19.1.